The number of Topliss-reactive ketones (excluding diaryl/α,β-unsaturated/α-hetero) is 3. The number of ketones is 3. The van der Waals surface area contributed by atoms with Crippen molar-refractivity contribution in [1.29, 1.82) is 0 Å². The van der Waals surface area contributed by atoms with Gasteiger partial charge in [0, 0.05) is 49.5 Å². The molecule has 0 aliphatic carbocycles. The van der Waals surface area contributed by atoms with Crippen LogP contribution in [0.15, 0.2) is 84.9 Å². The summed E-state index contributed by atoms with van der Waals surface area (Å²) in [7, 11) is 0. The van der Waals surface area contributed by atoms with Crippen molar-refractivity contribution in [2.75, 3.05) is 39.4 Å². The Morgan fingerprint density at radius 3 is 1.41 bits per heavy atom. The molecular weight excluding hydrogens is 860 g/mol. The first-order chi connectivity index (χ1) is 29.2. The van der Waals surface area contributed by atoms with E-state index in [0.29, 0.717) is 73.9 Å². The van der Waals surface area contributed by atoms with E-state index in [1.807, 2.05) is 43.3 Å². The Balaban J connectivity index is 0.000000222. The summed E-state index contributed by atoms with van der Waals surface area (Å²) in [4.78, 5) is 50.2. The number of nitrogens with zero attached hydrogens (tertiary/aromatic N) is 2. The highest BCUT2D eigenvalue weighted by atomic mass is 35.5. The van der Waals surface area contributed by atoms with E-state index in [2.05, 4.69) is 9.80 Å². The molecule has 0 radical (unpaired) electrons. The fraction of sp³-hybridized carbons (Fsp3) is 0.404. The van der Waals surface area contributed by atoms with E-state index in [1.54, 1.807) is 55.5 Å². The first-order valence-corrected chi connectivity index (χ1v) is 22.1. The van der Waals surface area contributed by atoms with Crippen LogP contribution >= 0.6 is 46.4 Å². The number of carboxylic acids is 1. The molecule has 0 spiro atoms. The summed E-state index contributed by atoms with van der Waals surface area (Å²) in [5.74, 6) is 0.714. The first kappa shape index (κ1) is 49.7. The largest absolute Gasteiger partial charge is 0.486 e. The fourth-order valence-corrected chi connectivity index (χ4v) is 7.47. The van der Waals surface area contributed by atoms with Gasteiger partial charge in [-0.15, -0.1) is 0 Å². The van der Waals surface area contributed by atoms with Gasteiger partial charge in [-0.05, 0) is 142 Å². The minimum atomic E-state index is -1.02. The van der Waals surface area contributed by atoms with Crippen LogP contribution in [0.25, 0.3) is 0 Å². The van der Waals surface area contributed by atoms with Gasteiger partial charge in [-0.2, -0.15) is 0 Å². The predicted molar refractivity (Wildman–Crippen MR) is 244 cm³/mol. The number of halogens is 4. The lowest BCUT2D eigenvalue weighted by Crippen LogP contribution is -2.39. The number of carbonyl (C=O) groups is 4. The van der Waals surface area contributed by atoms with Gasteiger partial charge in [0.25, 0.3) is 0 Å². The van der Waals surface area contributed by atoms with Crippen LogP contribution in [0.1, 0.15) is 90.6 Å². The molecule has 10 nitrogen and oxygen atoms in total. The number of carbonyl (C=O) groups excluding carboxylic acids is 3. The van der Waals surface area contributed by atoms with E-state index in [0.717, 1.165) is 70.5 Å². The van der Waals surface area contributed by atoms with Gasteiger partial charge in [0.2, 0.25) is 0 Å². The van der Waals surface area contributed by atoms with Gasteiger partial charge < -0.3 is 20.3 Å². The summed E-state index contributed by atoms with van der Waals surface area (Å²) >= 11 is 23.9. The number of piperidine rings is 2. The third-order valence-electron chi connectivity index (χ3n) is 10.4. The normalized spacial score (nSPS) is 14.8. The molecule has 2 heterocycles. The van der Waals surface area contributed by atoms with Crippen LogP contribution < -0.4 is 15.2 Å². The molecule has 0 saturated carbocycles. The molecule has 0 atom stereocenters. The minimum Gasteiger partial charge on any atom is -0.486 e. The highest BCUT2D eigenvalue weighted by molar-refractivity contribution is 6.42. The molecule has 61 heavy (non-hydrogen) atoms. The van der Waals surface area contributed by atoms with Gasteiger partial charge >= 0.3 is 5.97 Å². The second kappa shape index (κ2) is 25.8. The number of rotatable bonds is 16. The summed E-state index contributed by atoms with van der Waals surface area (Å²) in [6.45, 7) is 9.17. The molecule has 2 aliphatic heterocycles. The second-order valence-corrected chi connectivity index (χ2v) is 16.8. The smallest absolute Gasteiger partial charge is 0.341 e. The molecular formula is C47H55Cl4N3O7. The topological polar surface area (TPSA) is 139 Å². The van der Waals surface area contributed by atoms with Gasteiger partial charge in [-0.3, -0.25) is 24.2 Å². The predicted octanol–water partition coefficient (Wildman–Crippen LogP) is 10.5. The quantitative estimate of drug-likeness (QED) is 0.104. The molecule has 0 unspecified atom stereocenters. The number of benzene rings is 4. The standard InChI is InChI=1S/C24H27Cl2NO3.C12H16Cl2N2.C11H12O4/c1-2-24(29)19-4-6-21(7-5-19)30-16-20(28)13-17-9-11-27(12-10-17)15-18-3-8-22(25)23(26)14-18;13-11-2-1-9(7-12(11)14)8-16-5-3-10(15)4-6-16;1-2-10(12)8-3-5-9(6-4-8)15-7-11(13)14/h3-8,14,17H,2,9-13,15-16H2,1H3;1-2,7,10H,3-6,8,15H2;3-6H,2,7H2,1H3,(H,13,14). The molecule has 2 saturated heterocycles. The number of carboxylic acid groups (broad SMARTS) is 1. The van der Waals surface area contributed by atoms with Gasteiger partial charge in [-0.1, -0.05) is 72.4 Å². The van der Waals surface area contributed by atoms with Crippen LogP contribution in [-0.2, 0) is 22.7 Å². The van der Waals surface area contributed by atoms with Crippen molar-refractivity contribution in [3.05, 3.63) is 127 Å². The molecule has 0 aromatic heterocycles. The Morgan fingerprint density at radius 1 is 0.607 bits per heavy atom. The maximum atomic E-state index is 12.3. The van der Waals surface area contributed by atoms with E-state index < -0.39 is 5.97 Å². The summed E-state index contributed by atoms with van der Waals surface area (Å²) in [5, 5.41) is 10.8. The number of hydrogen-bond donors (Lipinski definition) is 2. The van der Waals surface area contributed by atoms with E-state index in [4.69, 9.17) is 66.7 Å². The lowest BCUT2D eigenvalue weighted by atomic mass is 9.91. The van der Waals surface area contributed by atoms with E-state index in [9.17, 15) is 19.2 Å². The Kier molecular flexibility index (Phi) is 21.0. The summed E-state index contributed by atoms with van der Waals surface area (Å²) in [6, 6.07) is 25.4. The summed E-state index contributed by atoms with van der Waals surface area (Å²) < 4.78 is 10.5. The molecule has 6 rings (SSSR count). The molecule has 328 valence electrons. The lowest BCUT2D eigenvalue weighted by molar-refractivity contribution is -0.139. The Morgan fingerprint density at radius 2 is 1.02 bits per heavy atom. The summed E-state index contributed by atoms with van der Waals surface area (Å²) in [6.07, 6.45) is 5.65. The van der Waals surface area contributed by atoms with Gasteiger partial charge in [-0.25, -0.2) is 4.79 Å². The SMILES string of the molecule is CCC(=O)c1ccc(OCC(=O)CC2CCN(Cc3ccc(Cl)c(Cl)c3)CC2)cc1.CCC(=O)c1ccc(OCC(=O)O)cc1.NC1CCN(Cc2ccc(Cl)c(Cl)c2)CC1. The Labute approximate surface area is 379 Å². The molecule has 2 fully saturated rings. The van der Waals surface area contributed by atoms with Crippen LogP contribution in [0.3, 0.4) is 0 Å². The van der Waals surface area contributed by atoms with Crippen LogP contribution in [0.2, 0.25) is 20.1 Å². The van der Waals surface area contributed by atoms with Crippen LogP contribution in [0.4, 0.5) is 0 Å². The van der Waals surface area contributed by atoms with E-state index >= 15 is 0 Å². The Bertz CT molecular complexity index is 2030. The highest BCUT2D eigenvalue weighted by Gasteiger charge is 2.22. The number of ether oxygens (including phenoxy) is 2. The van der Waals surface area contributed by atoms with Crippen molar-refractivity contribution in [3.8, 4) is 11.5 Å². The third kappa shape index (κ3) is 17.7. The van der Waals surface area contributed by atoms with Gasteiger partial charge in [0.1, 0.15) is 18.1 Å². The highest BCUT2D eigenvalue weighted by Crippen LogP contribution is 2.27. The maximum absolute atomic E-state index is 12.3. The van der Waals surface area contributed by atoms with Crippen molar-refractivity contribution in [1.82, 2.24) is 9.80 Å². The van der Waals surface area contributed by atoms with E-state index in [-0.39, 0.29) is 30.6 Å². The molecule has 4 aromatic carbocycles. The molecule has 14 heteroatoms. The van der Waals surface area contributed by atoms with Gasteiger partial charge in [0.05, 0.1) is 20.1 Å². The monoisotopic (exact) mass is 913 g/mol. The van der Waals surface area contributed by atoms with E-state index in [1.165, 1.54) is 5.56 Å². The van der Waals surface area contributed by atoms with Crippen LogP contribution in [0, 0.1) is 5.92 Å². The molecule has 3 N–H and O–H groups in total. The second-order valence-electron chi connectivity index (χ2n) is 15.1. The molecule has 2 aliphatic rings. The summed E-state index contributed by atoms with van der Waals surface area (Å²) in [5.41, 5.74) is 9.52. The molecule has 0 bridgehead atoms. The zero-order valence-corrected chi connectivity index (χ0v) is 37.7. The first-order valence-electron chi connectivity index (χ1n) is 20.6. The number of aliphatic carboxylic acids is 1. The van der Waals surface area contributed by atoms with Crippen molar-refractivity contribution in [2.45, 2.75) is 77.9 Å². The molecule has 0 amide bonds. The van der Waals surface area contributed by atoms with Gasteiger partial charge in [0.15, 0.2) is 24.0 Å². The lowest BCUT2D eigenvalue weighted by Gasteiger charge is -2.31. The maximum Gasteiger partial charge on any atom is 0.341 e. The Hall–Kier alpha value is -4.00. The number of nitrogens with two attached hydrogens (primary N) is 1. The third-order valence-corrected chi connectivity index (χ3v) is 11.9. The van der Waals surface area contributed by atoms with Crippen molar-refractivity contribution in [3.63, 3.8) is 0 Å². The zero-order valence-electron chi connectivity index (χ0n) is 34.7. The minimum absolute atomic E-state index is 0.0554. The zero-order chi connectivity index (χ0) is 44.3. The van der Waals surface area contributed by atoms with Crippen LogP contribution in [-0.4, -0.2) is 83.7 Å². The number of likely N-dealkylation sites (tertiary alicyclic amines) is 2. The average molecular weight is 916 g/mol. The van der Waals surface area contributed by atoms with Crippen molar-refractivity contribution < 1.29 is 33.8 Å². The van der Waals surface area contributed by atoms with Crippen LogP contribution in [0.5, 0.6) is 11.5 Å². The average Bonchev–Trinajstić information content (AvgIpc) is 3.26. The van der Waals surface area contributed by atoms with Crippen molar-refractivity contribution >= 4 is 69.7 Å². The number of hydrogen-bond acceptors (Lipinski definition) is 9. The van der Waals surface area contributed by atoms with Crippen molar-refractivity contribution in [2.24, 2.45) is 11.7 Å². The fourth-order valence-electron chi connectivity index (χ4n) is 6.82. The molecule has 4 aromatic rings.